The number of nitrogens with zero attached hydrogens (tertiary/aromatic N) is 4. The van der Waals surface area contributed by atoms with Gasteiger partial charge in [0.1, 0.15) is 18.1 Å². The fourth-order valence-corrected chi connectivity index (χ4v) is 4.26. The zero-order valence-corrected chi connectivity index (χ0v) is 19.0. The van der Waals surface area contributed by atoms with E-state index in [1.54, 1.807) is 23.2 Å². The first-order chi connectivity index (χ1) is 16.1. The van der Waals surface area contributed by atoms with E-state index < -0.39 is 0 Å². The number of amides is 1. The monoisotopic (exact) mass is 444 g/mol. The molecule has 0 aliphatic heterocycles. The minimum Gasteiger partial charge on any atom is -0.495 e. The van der Waals surface area contributed by atoms with E-state index in [0.717, 1.165) is 31.2 Å². The van der Waals surface area contributed by atoms with Crippen LogP contribution in [0.15, 0.2) is 61.1 Å². The highest BCUT2D eigenvalue weighted by atomic mass is 16.5. The summed E-state index contributed by atoms with van der Waals surface area (Å²) in [5, 5.41) is 9.32. The quantitative estimate of drug-likeness (QED) is 0.542. The molecule has 0 atom stereocenters. The Morgan fingerprint density at radius 3 is 2.64 bits per heavy atom. The van der Waals surface area contributed by atoms with E-state index in [1.807, 2.05) is 31.3 Å². The fraction of sp³-hybridized carbons (Fsp3) is 0.346. The number of hydrogen-bond donors (Lipinski definition) is 0. The number of carbonyl (C=O) groups excluding carboxylic acids is 1. The van der Waals surface area contributed by atoms with Crippen molar-refractivity contribution in [1.29, 1.82) is 5.26 Å². The minimum atomic E-state index is -0.114. The van der Waals surface area contributed by atoms with E-state index >= 15 is 0 Å². The van der Waals surface area contributed by atoms with Crippen molar-refractivity contribution in [3.05, 3.63) is 72.2 Å². The Bertz CT molecular complexity index is 1130. The lowest BCUT2D eigenvalue weighted by Gasteiger charge is -2.34. The number of methoxy groups -OCH3 is 1. The Morgan fingerprint density at radius 1 is 1.18 bits per heavy atom. The maximum atomic E-state index is 13.0. The lowest BCUT2D eigenvalue weighted by Crippen LogP contribution is -2.42. The molecule has 4 rings (SSSR count). The summed E-state index contributed by atoms with van der Waals surface area (Å²) in [5.74, 6) is 0.514. The third-order valence-electron chi connectivity index (χ3n) is 6.24. The van der Waals surface area contributed by atoms with E-state index in [0.29, 0.717) is 23.6 Å². The number of aromatic nitrogens is 2. The van der Waals surface area contributed by atoms with Crippen LogP contribution in [-0.2, 0) is 11.3 Å². The van der Waals surface area contributed by atoms with Gasteiger partial charge in [-0.15, -0.1) is 0 Å². The third-order valence-corrected chi connectivity index (χ3v) is 6.24. The zero-order chi connectivity index (χ0) is 23.2. The number of imidazole rings is 1. The van der Waals surface area contributed by atoms with Gasteiger partial charge in [0.05, 0.1) is 31.1 Å². The Hall–Kier alpha value is -3.63. The molecule has 0 saturated heterocycles. The van der Waals surface area contributed by atoms with Crippen molar-refractivity contribution in [2.75, 3.05) is 14.2 Å². The molecule has 0 radical (unpaired) electrons. The third kappa shape index (κ3) is 5.24. The van der Waals surface area contributed by atoms with Crippen molar-refractivity contribution in [1.82, 2.24) is 14.5 Å². The van der Waals surface area contributed by atoms with Gasteiger partial charge in [0, 0.05) is 24.8 Å². The molecule has 1 amide bonds. The van der Waals surface area contributed by atoms with Crippen molar-refractivity contribution in [3.8, 4) is 23.1 Å². The maximum Gasteiger partial charge on any atom is 0.329 e. The Labute approximate surface area is 194 Å². The van der Waals surface area contributed by atoms with Gasteiger partial charge >= 0.3 is 6.03 Å². The highest BCUT2D eigenvalue weighted by Gasteiger charge is 2.28. The van der Waals surface area contributed by atoms with Gasteiger partial charge in [-0.1, -0.05) is 30.3 Å². The number of ether oxygens (including phenoxy) is 2. The summed E-state index contributed by atoms with van der Waals surface area (Å²) in [4.78, 5) is 19.2. The smallest absolute Gasteiger partial charge is 0.329 e. The van der Waals surface area contributed by atoms with Crippen LogP contribution in [0.2, 0.25) is 0 Å². The van der Waals surface area contributed by atoms with Crippen LogP contribution < -0.4 is 4.74 Å². The summed E-state index contributed by atoms with van der Waals surface area (Å²) in [6, 6.07) is 17.7. The van der Waals surface area contributed by atoms with Gasteiger partial charge in [-0.2, -0.15) is 5.26 Å². The van der Waals surface area contributed by atoms with Crippen molar-refractivity contribution in [2.24, 2.45) is 0 Å². The van der Waals surface area contributed by atoms with Gasteiger partial charge in [0.25, 0.3) is 0 Å². The van der Waals surface area contributed by atoms with E-state index in [-0.39, 0.29) is 18.2 Å². The van der Waals surface area contributed by atoms with Crippen molar-refractivity contribution in [3.63, 3.8) is 0 Å². The molecule has 1 saturated carbocycles. The molecule has 170 valence electrons. The molecule has 2 aromatic carbocycles. The van der Waals surface area contributed by atoms with Crippen LogP contribution in [0.3, 0.4) is 0 Å². The summed E-state index contributed by atoms with van der Waals surface area (Å²) in [6.45, 7) is 0.627. The molecule has 7 heteroatoms. The largest absolute Gasteiger partial charge is 0.495 e. The van der Waals surface area contributed by atoms with Crippen LogP contribution in [0.5, 0.6) is 5.75 Å². The van der Waals surface area contributed by atoms with Crippen LogP contribution in [0.1, 0.15) is 36.8 Å². The molecule has 3 aromatic rings. The molecule has 7 nitrogen and oxygen atoms in total. The lowest BCUT2D eigenvalue weighted by molar-refractivity contribution is 0.00403. The van der Waals surface area contributed by atoms with Crippen molar-refractivity contribution in [2.45, 2.75) is 44.4 Å². The van der Waals surface area contributed by atoms with Gasteiger partial charge in [-0.25, -0.2) is 9.78 Å². The summed E-state index contributed by atoms with van der Waals surface area (Å²) in [5.41, 5.74) is 3.01. The summed E-state index contributed by atoms with van der Waals surface area (Å²) >= 11 is 0. The molecule has 1 fully saturated rings. The first-order valence-corrected chi connectivity index (χ1v) is 11.1. The van der Waals surface area contributed by atoms with Crippen molar-refractivity contribution < 1.29 is 14.3 Å². The second-order valence-electron chi connectivity index (χ2n) is 8.31. The molecule has 0 spiro atoms. The second-order valence-corrected chi connectivity index (χ2v) is 8.31. The van der Waals surface area contributed by atoms with E-state index in [4.69, 9.17) is 9.47 Å². The molecule has 0 N–H and O–H groups in total. The highest BCUT2D eigenvalue weighted by Crippen LogP contribution is 2.27. The van der Waals surface area contributed by atoms with Crippen LogP contribution in [0, 0.1) is 11.3 Å². The summed E-state index contributed by atoms with van der Waals surface area (Å²) in [7, 11) is 3.38. The molecule has 1 aliphatic rings. The van der Waals surface area contributed by atoms with Gasteiger partial charge in [0.2, 0.25) is 0 Å². The van der Waals surface area contributed by atoms with Crippen LogP contribution in [-0.4, -0.2) is 46.8 Å². The standard InChI is InChI=1S/C26H28N4O3/c1-29(22-9-11-23(12-10-22)33-17-19-6-4-3-5-7-19)26(31)30-16-24(28-18-30)20-8-13-25(32-2)21(14-20)15-27/h3-8,13-14,16,18,22-23H,9-12,17H2,1-2H3/t22-,23-. The van der Waals surface area contributed by atoms with Gasteiger partial charge in [0.15, 0.2) is 0 Å². The minimum absolute atomic E-state index is 0.114. The van der Waals surface area contributed by atoms with Gasteiger partial charge in [-0.3, -0.25) is 4.57 Å². The molecule has 1 heterocycles. The topological polar surface area (TPSA) is 80.4 Å². The highest BCUT2D eigenvalue weighted by molar-refractivity contribution is 5.78. The number of nitriles is 1. The molecule has 0 bridgehead atoms. The number of rotatable bonds is 6. The predicted octanol–water partition coefficient (Wildman–Crippen LogP) is 4.86. The molecule has 1 aromatic heterocycles. The molecular formula is C26H28N4O3. The summed E-state index contributed by atoms with van der Waals surface area (Å²) in [6.07, 6.45) is 7.16. The van der Waals surface area contributed by atoms with E-state index in [1.165, 1.54) is 23.6 Å². The first kappa shape index (κ1) is 22.6. The van der Waals surface area contributed by atoms with Gasteiger partial charge < -0.3 is 14.4 Å². The van der Waals surface area contributed by atoms with Crippen LogP contribution >= 0.6 is 0 Å². The number of carbonyl (C=O) groups is 1. The lowest BCUT2D eigenvalue weighted by atomic mass is 9.92. The summed E-state index contributed by atoms with van der Waals surface area (Å²) < 4.78 is 12.8. The number of benzene rings is 2. The SMILES string of the molecule is COc1ccc(-c2cn(C(=O)N(C)[C@H]3CC[C@H](OCc4ccccc4)CC3)cn2)cc1C#N. The maximum absolute atomic E-state index is 13.0. The number of hydrogen-bond acceptors (Lipinski definition) is 5. The Morgan fingerprint density at radius 2 is 1.94 bits per heavy atom. The van der Waals surface area contributed by atoms with E-state index in [2.05, 4.69) is 23.2 Å². The first-order valence-electron chi connectivity index (χ1n) is 11.1. The molecule has 33 heavy (non-hydrogen) atoms. The molecule has 0 unspecified atom stereocenters. The second kappa shape index (κ2) is 10.3. The fourth-order valence-electron chi connectivity index (χ4n) is 4.26. The van der Waals surface area contributed by atoms with Crippen LogP contribution in [0.25, 0.3) is 11.3 Å². The van der Waals surface area contributed by atoms with Crippen LogP contribution in [0.4, 0.5) is 4.79 Å². The zero-order valence-electron chi connectivity index (χ0n) is 19.0. The average Bonchev–Trinajstić information content (AvgIpc) is 3.37. The molecular weight excluding hydrogens is 416 g/mol. The average molecular weight is 445 g/mol. The van der Waals surface area contributed by atoms with E-state index in [9.17, 15) is 10.1 Å². The Kier molecular flexibility index (Phi) is 7.06. The molecule has 1 aliphatic carbocycles. The normalized spacial score (nSPS) is 17.8. The van der Waals surface area contributed by atoms with Gasteiger partial charge in [-0.05, 0) is 49.4 Å². The Balaban J connectivity index is 1.34. The predicted molar refractivity (Wildman–Crippen MR) is 125 cm³/mol. The van der Waals surface area contributed by atoms with Crippen molar-refractivity contribution >= 4 is 6.03 Å².